The Labute approximate surface area is 107 Å². The first kappa shape index (κ1) is 10.8. The molecule has 0 atom stereocenters. The van der Waals surface area contributed by atoms with Gasteiger partial charge in [-0.2, -0.15) is 5.10 Å². The molecule has 0 aliphatic heterocycles. The summed E-state index contributed by atoms with van der Waals surface area (Å²) < 4.78 is 1.89. The van der Waals surface area contributed by atoms with E-state index < -0.39 is 0 Å². The number of rotatable bonds is 3. The summed E-state index contributed by atoms with van der Waals surface area (Å²) in [4.78, 5) is 0. The summed E-state index contributed by atoms with van der Waals surface area (Å²) in [5.41, 5.74) is 3.76. The number of nitrogens with zero attached hydrogens (tertiary/aromatic N) is 2. The minimum atomic E-state index is 0.772. The van der Waals surface area contributed by atoms with Crippen LogP contribution in [-0.4, -0.2) is 9.78 Å². The van der Waals surface area contributed by atoms with Gasteiger partial charge in [-0.05, 0) is 16.7 Å². The van der Waals surface area contributed by atoms with Crippen LogP contribution in [0.2, 0.25) is 0 Å². The molecule has 3 aromatic rings. The number of aromatic nitrogens is 2. The van der Waals surface area contributed by atoms with Gasteiger partial charge in [-0.3, -0.25) is 4.68 Å². The van der Waals surface area contributed by atoms with Crippen molar-refractivity contribution in [3.05, 3.63) is 78.6 Å². The summed E-state index contributed by atoms with van der Waals surface area (Å²) in [6.07, 6.45) is 3.55. The SMILES string of the molecule is [c]1cnn(Cc2ccccc2-c2ccccc2)c1. The van der Waals surface area contributed by atoms with Crippen LogP contribution < -0.4 is 0 Å². The Kier molecular flexibility index (Phi) is 2.92. The zero-order chi connectivity index (χ0) is 12.2. The summed E-state index contributed by atoms with van der Waals surface area (Å²) in [6.45, 7) is 0.772. The quantitative estimate of drug-likeness (QED) is 0.678. The standard InChI is InChI=1S/C16H13N2/c1-2-7-14(8-3-1)16-10-5-4-9-15(16)13-18-12-6-11-17-18/h1-5,7-12H,13H2. The Balaban J connectivity index is 2.00. The van der Waals surface area contributed by atoms with Crippen LogP contribution in [0.25, 0.3) is 11.1 Å². The average Bonchev–Trinajstić information content (AvgIpc) is 2.93. The zero-order valence-corrected chi connectivity index (χ0v) is 9.95. The van der Waals surface area contributed by atoms with Crippen molar-refractivity contribution in [2.75, 3.05) is 0 Å². The van der Waals surface area contributed by atoms with Crippen molar-refractivity contribution in [1.29, 1.82) is 0 Å². The molecule has 3 rings (SSSR count). The van der Waals surface area contributed by atoms with E-state index in [1.807, 2.05) is 16.9 Å². The van der Waals surface area contributed by atoms with Crippen LogP contribution in [0.4, 0.5) is 0 Å². The van der Waals surface area contributed by atoms with Gasteiger partial charge in [0.1, 0.15) is 0 Å². The van der Waals surface area contributed by atoms with Crippen LogP contribution in [0.15, 0.2) is 67.0 Å². The smallest absolute Gasteiger partial charge is 0.0665 e. The van der Waals surface area contributed by atoms with E-state index in [1.54, 1.807) is 6.20 Å². The second-order valence-corrected chi connectivity index (χ2v) is 4.16. The largest absolute Gasteiger partial charge is 0.268 e. The van der Waals surface area contributed by atoms with E-state index in [-0.39, 0.29) is 0 Å². The van der Waals surface area contributed by atoms with Crippen LogP contribution in [0, 0.1) is 6.07 Å². The van der Waals surface area contributed by atoms with Crippen LogP contribution >= 0.6 is 0 Å². The molecule has 2 nitrogen and oxygen atoms in total. The fourth-order valence-electron chi connectivity index (χ4n) is 2.08. The van der Waals surface area contributed by atoms with Crippen molar-refractivity contribution in [3.63, 3.8) is 0 Å². The van der Waals surface area contributed by atoms with Crippen LogP contribution in [0.1, 0.15) is 5.56 Å². The van der Waals surface area contributed by atoms with E-state index in [0.717, 1.165) is 6.54 Å². The van der Waals surface area contributed by atoms with E-state index in [0.29, 0.717) is 0 Å². The van der Waals surface area contributed by atoms with Gasteiger partial charge < -0.3 is 0 Å². The lowest BCUT2D eigenvalue weighted by atomic mass is 10.00. The highest BCUT2D eigenvalue weighted by Crippen LogP contribution is 2.23. The minimum absolute atomic E-state index is 0.772. The summed E-state index contributed by atoms with van der Waals surface area (Å²) >= 11 is 0. The predicted octanol–water partition coefficient (Wildman–Crippen LogP) is 3.40. The maximum Gasteiger partial charge on any atom is 0.0665 e. The molecular formula is C16H13N2. The highest BCUT2D eigenvalue weighted by Gasteiger charge is 2.04. The van der Waals surface area contributed by atoms with E-state index >= 15 is 0 Å². The van der Waals surface area contributed by atoms with Crippen molar-refractivity contribution in [2.24, 2.45) is 0 Å². The number of hydrogen-bond acceptors (Lipinski definition) is 1. The highest BCUT2D eigenvalue weighted by molar-refractivity contribution is 5.67. The van der Waals surface area contributed by atoms with Crippen molar-refractivity contribution in [2.45, 2.75) is 6.54 Å². The second kappa shape index (κ2) is 4.88. The molecule has 0 fully saturated rings. The zero-order valence-electron chi connectivity index (χ0n) is 9.95. The van der Waals surface area contributed by atoms with Gasteiger partial charge in [0.05, 0.1) is 12.7 Å². The molecule has 0 saturated heterocycles. The molecule has 0 aliphatic rings. The molecule has 1 aromatic heterocycles. The maximum atomic E-state index is 4.21. The Morgan fingerprint density at radius 1 is 0.944 bits per heavy atom. The topological polar surface area (TPSA) is 17.8 Å². The van der Waals surface area contributed by atoms with E-state index in [1.165, 1.54) is 16.7 Å². The molecule has 0 saturated carbocycles. The van der Waals surface area contributed by atoms with Gasteiger partial charge in [-0.15, -0.1) is 0 Å². The summed E-state index contributed by atoms with van der Waals surface area (Å²) in [5.74, 6) is 0. The molecule has 87 valence electrons. The fraction of sp³-hybridized carbons (Fsp3) is 0.0625. The molecule has 2 heteroatoms. The van der Waals surface area contributed by atoms with E-state index in [2.05, 4.69) is 59.7 Å². The molecule has 0 bridgehead atoms. The Morgan fingerprint density at radius 3 is 2.50 bits per heavy atom. The third-order valence-corrected chi connectivity index (χ3v) is 2.94. The highest BCUT2D eigenvalue weighted by atomic mass is 15.3. The van der Waals surface area contributed by atoms with Gasteiger partial charge >= 0.3 is 0 Å². The molecule has 0 aliphatic carbocycles. The monoisotopic (exact) mass is 233 g/mol. The first-order valence-electron chi connectivity index (χ1n) is 5.95. The van der Waals surface area contributed by atoms with Crippen LogP contribution in [0.3, 0.4) is 0 Å². The van der Waals surface area contributed by atoms with E-state index in [9.17, 15) is 0 Å². The van der Waals surface area contributed by atoms with Crippen molar-refractivity contribution < 1.29 is 0 Å². The molecule has 1 radical (unpaired) electrons. The molecule has 0 spiro atoms. The summed E-state index contributed by atoms with van der Waals surface area (Å²) in [5, 5.41) is 4.21. The van der Waals surface area contributed by atoms with Crippen LogP contribution in [-0.2, 0) is 6.54 Å². The van der Waals surface area contributed by atoms with Crippen molar-refractivity contribution >= 4 is 0 Å². The molecule has 0 unspecified atom stereocenters. The first-order chi connectivity index (χ1) is 8.93. The lowest BCUT2D eigenvalue weighted by molar-refractivity contribution is 0.688. The number of hydrogen-bond donors (Lipinski definition) is 0. The number of benzene rings is 2. The molecular weight excluding hydrogens is 220 g/mol. The summed E-state index contributed by atoms with van der Waals surface area (Å²) in [6, 6.07) is 21.8. The minimum Gasteiger partial charge on any atom is -0.268 e. The normalized spacial score (nSPS) is 10.4. The van der Waals surface area contributed by atoms with Gasteiger partial charge in [0, 0.05) is 12.3 Å². The third kappa shape index (κ3) is 2.18. The molecule has 2 aromatic carbocycles. The Morgan fingerprint density at radius 2 is 1.72 bits per heavy atom. The lowest BCUT2D eigenvalue weighted by Gasteiger charge is -2.09. The lowest BCUT2D eigenvalue weighted by Crippen LogP contribution is -2.01. The predicted molar refractivity (Wildman–Crippen MR) is 72.0 cm³/mol. The Bertz CT molecular complexity index is 613. The van der Waals surface area contributed by atoms with Crippen molar-refractivity contribution in [3.8, 4) is 11.1 Å². The van der Waals surface area contributed by atoms with Gasteiger partial charge in [0.15, 0.2) is 0 Å². The van der Waals surface area contributed by atoms with Gasteiger partial charge in [0.25, 0.3) is 0 Å². The third-order valence-electron chi connectivity index (χ3n) is 2.94. The Hall–Kier alpha value is -2.35. The van der Waals surface area contributed by atoms with Crippen LogP contribution in [0.5, 0.6) is 0 Å². The first-order valence-corrected chi connectivity index (χ1v) is 5.95. The molecule has 0 amide bonds. The fourth-order valence-corrected chi connectivity index (χ4v) is 2.08. The van der Waals surface area contributed by atoms with Gasteiger partial charge in [-0.25, -0.2) is 0 Å². The molecule has 0 N–H and O–H groups in total. The second-order valence-electron chi connectivity index (χ2n) is 4.16. The van der Waals surface area contributed by atoms with E-state index in [4.69, 9.17) is 0 Å². The maximum absolute atomic E-state index is 4.21. The van der Waals surface area contributed by atoms with Crippen molar-refractivity contribution in [1.82, 2.24) is 9.78 Å². The van der Waals surface area contributed by atoms with Gasteiger partial charge in [0.2, 0.25) is 0 Å². The molecule has 1 heterocycles. The summed E-state index contributed by atoms with van der Waals surface area (Å²) in [7, 11) is 0. The van der Waals surface area contributed by atoms with Gasteiger partial charge in [-0.1, -0.05) is 54.6 Å². The average molecular weight is 233 g/mol. The molecule has 18 heavy (non-hydrogen) atoms.